The molecular formula is C19H22N4O5S. The number of benzene rings is 1. The van der Waals surface area contributed by atoms with Crippen LogP contribution < -0.4 is 15.6 Å². The van der Waals surface area contributed by atoms with Gasteiger partial charge in [0, 0.05) is 12.7 Å². The first-order chi connectivity index (χ1) is 13.7. The quantitative estimate of drug-likeness (QED) is 0.696. The smallest absolute Gasteiger partial charge is 0.279 e. The van der Waals surface area contributed by atoms with Gasteiger partial charge in [-0.3, -0.25) is 20.4 Å². The second kappa shape index (κ2) is 8.08. The van der Waals surface area contributed by atoms with Crippen LogP contribution in [0.15, 0.2) is 46.5 Å². The highest BCUT2D eigenvalue weighted by Crippen LogP contribution is 2.21. The van der Waals surface area contributed by atoms with Crippen LogP contribution in [0, 0.1) is 13.8 Å². The van der Waals surface area contributed by atoms with Gasteiger partial charge >= 0.3 is 0 Å². The van der Waals surface area contributed by atoms with E-state index in [4.69, 9.17) is 4.74 Å². The Kier molecular flexibility index (Phi) is 5.73. The number of rotatable bonds is 4. The normalized spacial score (nSPS) is 18.1. The maximum absolute atomic E-state index is 12.3. The minimum atomic E-state index is -3.46. The zero-order valence-corrected chi connectivity index (χ0v) is 17.1. The van der Waals surface area contributed by atoms with Crippen LogP contribution in [0.2, 0.25) is 0 Å². The van der Waals surface area contributed by atoms with E-state index >= 15 is 0 Å². The third kappa shape index (κ3) is 4.83. The van der Waals surface area contributed by atoms with Crippen LogP contribution in [0.3, 0.4) is 0 Å². The third-order valence-corrected chi connectivity index (χ3v) is 5.78. The number of ether oxygens (including phenoxy) is 1. The van der Waals surface area contributed by atoms with Crippen molar-refractivity contribution in [3.63, 3.8) is 0 Å². The summed E-state index contributed by atoms with van der Waals surface area (Å²) in [5.74, 6) is -0.317. The summed E-state index contributed by atoms with van der Waals surface area (Å²) in [7, 11) is -3.46. The number of sulfonamides is 1. The van der Waals surface area contributed by atoms with E-state index in [9.17, 15) is 18.0 Å². The predicted molar refractivity (Wildman–Crippen MR) is 107 cm³/mol. The van der Waals surface area contributed by atoms with E-state index in [1.165, 1.54) is 18.4 Å². The lowest BCUT2D eigenvalue weighted by Gasteiger charge is -2.27. The Morgan fingerprint density at radius 1 is 1.21 bits per heavy atom. The third-order valence-electron chi connectivity index (χ3n) is 4.61. The minimum absolute atomic E-state index is 0.125. The number of aryl methyl sites for hydroxylation is 1. The maximum atomic E-state index is 12.3. The van der Waals surface area contributed by atoms with Crippen LogP contribution in [0.5, 0.6) is 5.75 Å². The van der Waals surface area contributed by atoms with Gasteiger partial charge in [-0.25, -0.2) is 8.42 Å². The van der Waals surface area contributed by atoms with Crippen LogP contribution >= 0.6 is 0 Å². The number of hydrogen-bond acceptors (Lipinski definition) is 6. The maximum Gasteiger partial charge on any atom is 0.279 e. The Hall–Kier alpha value is -3.14. The Balaban J connectivity index is 1.57. The molecule has 1 atom stereocenters. The molecule has 1 aromatic carbocycles. The molecule has 0 spiro atoms. The number of carbonyl (C=O) groups excluding carboxylic acids is 2. The molecule has 0 aliphatic carbocycles. The van der Waals surface area contributed by atoms with Gasteiger partial charge in [0.15, 0.2) is 6.10 Å². The van der Waals surface area contributed by atoms with Gasteiger partial charge in [-0.2, -0.15) is 0 Å². The number of fused-ring (bicyclic) bond motifs is 1. The second-order valence-corrected chi connectivity index (χ2v) is 8.50. The van der Waals surface area contributed by atoms with Crippen molar-refractivity contribution >= 4 is 27.7 Å². The summed E-state index contributed by atoms with van der Waals surface area (Å²) >= 11 is 0. The summed E-state index contributed by atoms with van der Waals surface area (Å²) in [6.07, 6.45) is 3.55. The fourth-order valence-electron chi connectivity index (χ4n) is 2.72. The van der Waals surface area contributed by atoms with Gasteiger partial charge in [-0.15, -0.1) is 4.40 Å². The fourth-order valence-corrected chi connectivity index (χ4v) is 3.69. The van der Waals surface area contributed by atoms with E-state index in [0.717, 1.165) is 11.1 Å². The molecule has 9 nitrogen and oxygen atoms in total. The van der Waals surface area contributed by atoms with Gasteiger partial charge in [-0.05, 0) is 50.1 Å². The molecule has 1 unspecified atom stereocenters. The molecule has 0 saturated heterocycles. The molecule has 29 heavy (non-hydrogen) atoms. The molecule has 0 radical (unpaired) electrons. The lowest BCUT2D eigenvalue weighted by molar-refractivity contribution is -0.131. The summed E-state index contributed by atoms with van der Waals surface area (Å²) in [6.45, 7) is 5.64. The average molecular weight is 418 g/mol. The number of amides is 2. The lowest BCUT2D eigenvalue weighted by Crippen LogP contribution is -2.48. The molecule has 2 aliphatic rings. The van der Waals surface area contributed by atoms with E-state index in [-0.39, 0.29) is 23.7 Å². The van der Waals surface area contributed by atoms with E-state index in [1.54, 1.807) is 17.9 Å². The van der Waals surface area contributed by atoms with E-state index in [0.29, 0.717) is 5.75 Å². The Morgan fingerprint density at radius 2 is 1.97 bits per heavy atom. The SMILES string of the molecule is Cc1cccc(OC(C)C(=O)NNC(=O)C2=CN3CCS(=O)(=O)N=C3C=C2)c1C. The predicted octanol–water partition coefficient (Wildman–Crippen LogP) is 0.716. The van der Waals surface area contributed by atoms with Crippen molar-refractivity contribution in [2.24, 2.45) is 4.40 Å². The van der Waals surface area contributed by atoms with Crippen molar-refractivity contribution in [1.82, 2.24) is 15.8 Å². The topological polar surface area (TPSA) is 117 Å². The van der Waals surface area contributed by atoms with Crippen LogP contribution in [0.4, 0.5) is 0 Å². The van der Waals surface area contributed by atoms with E-state index < -0.39 is 27.9 Å². The summed E-state index contributed by atoms with van der Waals surface area (Å²) < 4.78 is 32.4. The van der Waals surface area contributed by atoms with Crippen molar-refractivity contribution in [3.8, 4) is 5.75 Å². The van der Waals surface area contributed by atoms with Crippen LogP contribution in [-0.2, 0) is 19.6 Å². The fraction of sp³-hybridized carbons (Fsp3) is 0.316. The number of nitrogens with zero attached hydrogens (tertiary/aromatic N) is 2. The second-order valence-electron chi connectivity index (χ2n) is 6.75. The first kappa shape index (κ1) is 20.6. The molecule has 3 rings (SSSR count). The first-order valence-corrected chi connectivity index (χ1v) is 10.6. The molecule has 0 fully saturated rings. The number of carbonyl (C=O) groups is 2. The standard InChI is InChI=1S/C19H22N4O5S/c1-12-5-4-6-16(13(12)2)28-14(3)18(24)20-21-19(25)15-7-8-17-22-29(26,27)10-9-23(17)11-15/h4-8,11,14H,9-10H2,1-3H3,(H,20,24)(H,21,25). The Labute approximate surface area is 169 Å². The molecule has 154 valence electrons. The summed E-state index contributed by atoms with van der Waals surface area (Å²) in [5, 5.41) is 0. The van der Waals surface area contributed by atoms with E-state index in [1.807, 2.05) is 26.0 Å². The molecule has 2 heterocycles. The van der Waals surface area contributed by atoms with Crippen molar-refractivity contribution in [2.75, 3.05) is 12.3 Å². The Morgan fingerprint density at radius 3 is 2.72 bits per heavy atom. The highest BCUT2D eigenvalue weighted by Gasteiger charge is 2.25. The molecule has 0 aromatic heterocycles. The molecule has 2 aliphatic heterocycles. The van der Waals surface area contributed by atoms with Gasteiger partial charge in [0.25, 0.3) is 21.8 Å². The van der Waals surface area contributed by atoms with Crippen LogP contribution in [0.25, 0.3) is 0 Å². The molecule has 1 aromatic rings. The highest BCUT2D eigenvalue weighted by molar-refractivity contribution is 7.90. The molecule has 2 amide bonds. The average Bonchev–Trinajstić information content (AvgIpc) is 2.68. The van der Waals surface area contributed by atoms with Gasteiger partial charge in [0.2, 0.25) is 0 Å². The number of hydrogen-bond donors (Lipinski definition) is 2. The zero-order valence-electron chi connectivity index (χ0n) is 16.3. The molecule has 10 heteroatoms. The van der Waals surface area contributed by atoms with Gasteiger partial charge in [-0.1, -0.05) is 12.1 Å². The summed E-state index contributed by atoms with van der Waals surface area (Å²) in [4.78, 5) is 26.1. The zero-order chi connectivity index (χ0) is 21.2. The summed E-state index contributed by atoms with van der Waals surface area (Å²) in [5.41, 5.74) is 6.91. The minimum Gasteiger partial charge on any atom is -0.481 e. The van der Waals surface area contributed by atoms with Gasteiger partial charge in [0.1, 0.15) is 11.6 Å². The molecule has 2 N–H and O–H groups in total. The Bertz CT molecular complexity index is 1040. The van der Waals surface area contributed by atoms with Crippen molar-refractivity contribution in [2.45, 2.75) is 26.9 Å². The van der Waals surface area contributed by atoms with Crippen molar-refractivity contribution in [1.29, 1.82) is 0 Å². The van der Waals surface area contributed by atoms with Crippen LogP contribution in [-0.4, -0.2) is 49.4 Å². The van der Waals surface area contributed by atoms with Crippen LogP contribution in [0.1, 0.15) is 18.1 Å². The van der Waals surface area contributed by atoms with Crippen molar-refractivity contribution < 1.29 is 22.7 Å². The number of nitrogens with one attached hydrogen (secondary N) is 2. The van der Waals surface area contributed by atoms with Crippen molar-refractivity contribution in [3.05, 3.63) is 53.3 Å². The largest absolute Gasteiger partial charge is 0.481 e. The first-order valence-electron chi connectivity index (χ1n) is 8.98. The molecular weight excluding hydrogens is 396 g/mol. The molecule has 0 saturated carbocycles. The van der Waals surface area contributed by atoms with Gasteiger partial charge < -0.3 is 9.64 Å². The number of hydrazine groups is 1. The monoisotopic (exact) mass is 418 g/mol. The number of amidine groups is 1. The lowest BCUT2D eigenvalue weighted by atomic mass is 10.1. The molecule has 0 bridgehead atoms. The highest BCUT2D eigenvalue weighted by atomic mass is 32.2. The van der Waals surface area contributed by atoms with E-state index in [2.05, 4.69) is 15.2 Å². The van der Waals surface area contributed by atoms with Gasteiger partial charge in [0.05, 0.1) is 11.3 Å². The summed E-state index contributed by atoms with van der Waals surface area (Å²) in [6, 6.07) is 5.57.